The fraction of sp³-hybridized carbons (Fsp3) is 0.833. The number of unbranched alkanes of at least 4 members (excludes halogenated alkanes) is 1. The molecule has 1 aromatic heterocycles. The molecule has 0 radical (unpaired) electrons. The first-order chi connectivity index (χ1) is 8.74. The molecule has 1 aliphatic rings. The second kappa shape index (κ2) is 6.15. The summed E-state index contributed by atoms with van der Waals surface area (Å²) in [6, 6.07) is 0.114. The zero-order valence-corrected chi connectivity index (χ0v) is 10.8. The van der Waals surface area contributed by atoms with Crippen molar-refractivity contribution in [2.45, 2.75) is 57.0 Å². The highest BCUT2D eigenvalue weighted by Crippen LogP contribution is 2.30. The molecule has 6 nitrogen and oxygen atoms in total. The van der Waals surface area contributed by atoms with Gasteiger partial charge in [0.1, 0.15) is 0 Å². The van der Waals surface area contributed by atoms with Gasteiger partial charge < -0.3 is 11.5 Å². The number of rotatable bonds is 6. The van der Waals surface area contributed by atoms with E-state index in [2.05, 4.69) is 10.2 Å². The van der Waals surface area contributed by atoms with Gasteiger partial charge in [0.05, 0.1) is 6.04 Å². The van der Waals surface area contributed by atoms with Crippen LogP contribution in [0.2, 0.25) is 0 Å². The Morgan fingerprint density at radius 3 is 2.78 bits per heavy atom. The molecular formula is C12H23N5O. The van der Waals surface area contributed by atoms with E-state index in [-0.39, 0.29) is 17.8 Å². The van der Waals surface area contributed by atoms with Gasteiger partial charge >= 0.3 is 5.69 Å². The zero-order chi connectivity index (χ0) is 13.0. The van der Waals surface area contributed by atoms with Gasteiger partial charge in [0.25, 0.3) is 0 Å². The molecule has 18 heavy (non-hydrogen) atoms. The number of nitrogens with two attached hydrogens (primary N) is 2. The van der Waals surface area contributed by atoms with E-state index >= 15 is 0 Å². The number of H-pyrrole nitrogens is 1. The Morgan fingerprint density at radius 1 is 1.39 bits per heavy atom. The molecule has 1 fully saturated rings. The summed E-state index contributed by atoms with van der Waals surface area (Å²) >= 11 is 0. The van der Waals surface area contributed by atoms with Crippen LogP contribution in [0.25, 0.3) is 0 Å². The third kappa shape index (κ3) is 2.81. The highest BCUT2D eigenvalue weighted by Gasteiger charge is 2.24. The van der Waals surface area contributed by atoms with Crippen LogP contribution in [-0.4, -0.2) is 21.3 Å². The van der Waals surface area contributed by atoms with Gasteiger partial charge in [-0.25, -0.2) is 9.89 Å². The van der Waals surface area contributed by atoms with Crippen LogP contribution in [0.1, 0.15) is 62.9 Å². The van der Waals surface area contributed by atoms with Crippen molar-refractivity contribution in [1.82, 2.24) is 14.8 Å². The van der Waals surface area contributed by atoms with E-state index in [0.717, 1.165) is 32.1 Å². The van der Waals surface area contributed by atoms with E-state index in [0.29, 0.717) is 12.4 Å². The third-order valence-corrected chi connectivity index (χ3v) is 3.72. The third-order valence-electron chi connectivity index (χ3n) is 3.72. The van der Waals surface area contributed by atoms with Crippen molar-refractivity contribution in [3.8, 4) is 0 Å². The number of nitrogens with zero attached hydrogens (tertiary/aromatic N) is 2. The number of nitrogens with one attached hydrogen (secondary N) is 1. The average molecular weight is 253 g/mol. The lowest BCUT2D eigenvalue weighted by Crippen LogP contribution is -2.26. The molecule has 0 spiro atoms. The first kappa shape index (κ1) is 13.3. The molecule has 2 rings (SSSR count). The minimum Gasteiger partial charge on any atom is -0.330 e. The molecule has 1 heterocycles. The molecule has 0 bridgehead atoms. The summed E-state index contributed by atoms with van der Waals surface area (Å²) in [6.45, 7) is 0.683. The van der Waals surface area contributed by atoms with Crippen molar-refractivity contribution < 1.29 is 0 Å². The lowest BCUT2D eigenvalue weighted by atomic mass is 10.1. The monoisotopic (exact) mass is 253 g/mol. The molecule has 0 amide bonds. The summed E-state index contributed by atoms with van der Waals surface area (Å²) in [5.74, 6) is 0.712. The van der Waals surface area contributed by atoms with Crippen molar-refractivity contribution in [3.05, 3.63) is 16.3 Å². The number of aromatic amines is 1. The zero-order valence-electron chi connectivity index (χ0n) is 10.8. The van der Waals surface area contributed by atoms with Crippen LogP contribution in [0, 0.1) is 0 Å². The second-order valence-electron chi connectivity index (χ2n) is 5.09. The van der Waals surface area contributed by atoms with E-state index in [1.54, 1.807) is 4.57 Å². The van der Waals surface area contributed by atoms with E-state index in [4.69, 9.17) is 11.5 Å². The number of aromatic nitrogens is 3. The van der Waals surface area contributed by atoms with Gasteiger partial charge in [0.15, 0.2) is 5.82 Å². The highest BCUT2D eigenvalue weighted by molar-refractivity contribution is 4.97. The molecule has 1 unspecified atom stereocenters. The summed E-state index contributed by atoms with van der Waals surface area (Å²) in [6.07, 6.45) is 7.25. The Hall–Kier alpha value is -1.14. The maximum atomic E-state index is 11.8. The first-order valence-corrected chi connectivity index (χ1v) is 6.86. The quantitative estimate of drug-likeness (QED) is 0.653. The molecule has 0 saturated heterocycles. The molecule has 0 aliphatic heterocycles. The summed E-state index contributed by atoms with van der Waals surface area (Å²) in [7, 11) is 0. The molecular weight excluding hydrogens is 230 g/mol. The predicted molar refractivity (Wildman–Crippen MR) is 70.2 cm³/mol. The molecule has 1 atom stereocenters. The summed E-state index contributed by atoms with van der Waals surface area (Å²) in [4.78, 5) is 11.8. The SMILES string of the molecule is NCCCCC(N)c1n[nH]c(=O)n1C1CCCC1. The van der Waals surface area contributed by atoms with Gasteiger partial charge in [-0.2, -0.15) is 5.10 Å². The molecule has 1 aliphatic carbocycles. The van der Waals surface area contributed by atoms with Crippen molar-refractivity contribution in [2.24, 2.45) is 11.5 Å². The smallest absolute Gasteiger partial charge is 0.330 e. The molecule has 1 saturated carbocycles. The van der Waals surface area contributed by atoms with Crippen molar-refractivity contribution in [2.75, 3.05) is 6.54 Å². The fourth-order valence-electron chi connectivity index (χ4n) is 2.73. The summed E-state index contributed by atoms with van der Waals surface area (Å²) < 4.78 is 1.78. The van der Waals surface area contributed by atoms with E-state index < -0.39 is 0 Å². The molecule has 5 N–H and O–H groups in total. The van der Waals surface area contributed by atoms with E-state index in [1.165, 1.54) is 12.8 Å². The molecule has 0 aromatic carbocycles. The van der Waals surface area contributed by atoms with Crippen LogP contribution >= 0.6 is 0 Å². The predicted octanol–water partition coefficient (Wildman–Crippen LogP) is 0.815. The second-order valence-corrected chi connectivity index (χ2v) is 5.09. The van der Waals surface area contributed by atoms with Crippen molar-refractivity contribution in [1.29, 1.82) is 0 Å². The Morgan fingerprint density at radius 2 is 2.11 bits per heavy atom. The maximum absolute atomic E-state index is 11.8. The van der Waals surface area contributed by atoms with Crippen LogP contribution < -0.4 is 17.2 Å². The standard InChI is InChI=1S/C12H23N5O/c13-8-4-3-7-10(14)11-15-16-12(18)17(11)9-5-1-2-6-9/h9-10H,1-8,13-14H2,(H,16,18). The van der Waals surface area contributed by atoms with Crippen LogP contribution in [0.4, 0.5) is 0 Å². The average Bonchev–Trinajstić information content (AvgIpc) is 2.97. The number of hydrogen-bond acceptors (Lipinski definition) is 4. The lowest BCUT2D eigenvalue weighted by Gasteiger charge is -2.16. The van der Waals surface area contributed by atoms with Gasteiger partial charge in [0.2, 0.25) is 0 Å². The van der Waals surface area contributed by atoms with E-state index in [1.807, 2.05) is 0 Å². The van der Waals surface area contributed by atoms with Crippen molar-refractivity contribution >= 4 is 0 Å². The minimum absolute atomic E-state index is 0.119. The molecule has 102 valence electrons. The topological polar surface area (TPSA) is 103 Å². The van der Waals surface area contributed by atoms with Gasteiger partial charge in [-0.05, 0) is 32.2 Å². The normalized spacial score (nSPS) is 18.3. The van der Waals surface area contributed by atoms with E-state index in [9.17, 15) is 4.79 Å². The van der Waals surface area contributed by atoms with Gasteiger partial charge in [-0.15, -0.1) is 0 Å². The summed E-state index contributed by atoms with van der Waals surface area (Å²) in [5, 5.41) is 6.65. The fourth-order valence-corrected chi connectivity index (χ4v) is 2.73. The van der Waals surface area contributed by atoms with Crippen LogP contribution in [0.15, 0.2) is 4.79 Å². The Balaban J connectivity index is 2.09. The van der Waals surface area contributed by atoms with Crippen LogP contribution in [0.5, 0.6) is 0 Å². The largest absolute Gasteiger partial charge is 0.343 e. The van der Waals surface area contributed by atoms with Gasteiger partial charge in [-0.3, -0.25) is 4.57 Å². The summed E-state index contributed by atoms with van der Waals surface area (Å²) in [5.41, 5.74) is 11.5. The van der Waals surface area contributed by atoms with Gasteiger partial charge in [-0.1, -0.05) is 19.3 Å². The lowest BCUT2D eigenvalue weighted by molar-refractivity contribution is 0.451. The Bertz CT molecular complexity index is 418. The minimum atomic E-state index is -0.170. The van der Waals surface area contributed by atoms with Crippen molar-refractivity contribution in [3.63, 3.8) is 0 Å². The first-order valence-electron chi connectivity index (χ1n) is 6.86. The van der Waals surface area contributed by atoms with Crippen LogP contribution in [-0.2, 0) is 0 Å². The number of hydrogen-bond donors (Lipinski definition) is 3. The Kier molecular flexibility index (Phi) is 4.54. The maximum Gasteiger partial charge on any atom is 0.343 e. The molecule has 6 heteroatoms. The van der Waals surface area contributed by atoms with Crippen LogP contribution in [0.3, 0.4) is 0 Å². The Labute approximate surface area is 107 Å². The van der Waals surface area contributed by atoms with Gasteiger partial charge in [0, 0.05) is 6.04 Å². The highest BCUT2D eigenvalue weighted by atomic mass is 16.1. The molecule has 1 aromatic rings.